The number of aromatic nitrogens is 1. The number of halogens is 3. The Morgan fingerprint density at radius 3 is 2.54 bits per heavy atom. The van der Waals surface area contributed by atoms with Crippen molar-refractivity contribution in [2.45, 2.75) is 6.42 Å². The number of nitrogens with zero attached hydrogens (tertiary/aromatic N) is 1. The van der Waals surface area contributed by atoms with E-state index in [2.05, 4.69) is 15.6 Å². The van der Waals surface area contributed by atoms with Crippen molar-refractivity contribution in [2.24, 2.45) is 0 Å². The quantitative estimate of drug-likeness (QED) is 0.686. The van der Waals surface area contributed by atoms with Gasteiger partial charge in [0.2, 0.25) is 5.91 Å². The van der Waals surface area contributed by atoms with Gasteiger partial charge in [0.05, 0.1) is 10.2 Å². The summed E-state index contributed by atoms with van der Waals surface area (Å²) < 4.78 is 26.8. The molecule has 2 amide bonds. The van der Waals surface area contributed by atoms with Crippen LogP contribution >= 0.6 is 22.9 Å². The van der Waals surface area contributed by atoms with Gasteiger partial charge >= 0.3 is 0 Å². The van der Waals surface area contributed by atoms with Crippen LogP contribution in [0.15, 0.2) is 36.4 Å². The molecule has 134 valence electrons. The summed E-state index contributed by atoms with van der Waals surface area (Å²) in [6, 6.07) is 8.37. The van der Waals surface area contributed by atoms with Crippen molar-refractivity contribution in [1.29, 1.82) is 0 Å². The molecule has 1 heterocycles. The van der Waals surface area contributed by atoms with Crippen LogP contribution in [0.25, 0.3) is 10.2 Å². The molecule has 0 saturated carbocycles. The summed E-state index contributed by atoms with van der Waals surface area (Å²) in [5.41, 5.74) is 0.699. The van der Waals surface area contributed by atoms with Gasteiger partial charge in [0, 0.05) is 29.6 Å². The minimum absolute atomic E-state index is 0.0258. The van der Waals surface area contributed by atoms with Gasteiger partial charge in [-0.1, -0.05) is 22.9 Å². The van der Waals surface area contributed by atoms with E-state index in [0.717, 1.165) is 23.5 Å². The predicted molar refractivity (Wildman–Crippen MR) is 96.6 cm³/mol. The molecule has 0 aliphatic heterocycles. The average Bonchev–Trinajstić information content (AvgIpc) is 2.96. The Bertz CT molecular complexity index is 937. The van der Waals surface area contributed by atoms with E-state index in [1.807, 2.05) is 0 Å². The molecule has 5 nitrogen and oxygen atoms in total. The molecule has 0 fully saturated rings. The molecule has 0 saturated heterocycles. The Labute approximate surface area is 156 Å². The third kappa shape index (κ3) is 4.33. The highest BCUT2D eigenvalue weighted by Gasteiger charge is 2.12. The van der Waals surface area contributed by atoms with Gasteiger partial charge in [-0.25, -0.2) is 13.8 Å². The van der Waals surface area contributed by atoms with Crippen LogP contribution in [0.4, 0.5) is 13.9 Å². The van der Waals surface area contributed by atoms with Crippen molar-refractivity contribution >= 4 is 50.1 Å². The normalized spacial score (nSPS) is 10.7. The monoisotopic (exact) mass is 395 g/mol. The van der Waals surface area contributed by atoms with Crippen molar-refractivity contribution in [1.82, 2.24) is 10.3 Å². The summed E-state index contributed by atoms with van der Waals surface area (Å²) in [6.07, 6.45) is 0.0258. The molecule has 1 aromatic heterocycles. The Kier molecular flexibility index (Phi) is 5.43. The van der Waals surface area contributed by atoms with Gasteiger partial charge in [0.25, 0.3) is 5.91 Å². The number of rotatable bonds is 5. The largest absolute Gasteiger partial charge is 0.352 e. The number of amides is 2. The summed E-state index contributed by atoms with van der Waals surface area (Å²) in [4.78, 5) is 27.9. The molecule has 9 heteroatoms. The second kappa shape index (κ2) is 7.76. The summed E-state index contributed by atoms with van der Waals surface area (Å²) >= 11 is 6.79. The van der Waals surface area contributed by atoms with Crippen LogP contribution in [0.3, 0.4) is 0 Å². The van der Waals surface area contributed by atoms with Crippen LogP contribution < -0.4 is 10.6 Å². The van der Waals surface area contributed by atoms with Crippen molar-refractivity contribution in [3.05, 3.63) is 58.6 Å². The van der Waals surface area contributed by atoms with Crippen LogP contribution in [0.1, 0.15) is 16.8 Å². The first kappa shape index (κ1) is 18.2. The standard InChI is InChI=1S/C17H12ClF2N3O2S/c18-10-3-1-9(2-4-10)16(25)21-6-5-15(24)23-17-22-13-7-11(19)12(20)8-14(13)26-17/h1-4,7-8H,5-6H2,(H,21,25)(H,22,23,24). The van der Waals surface area contributed by atoms with Gasteiger partial charge in [0.15, 0.2) is 16.8 Å². The topological polar surface area (TPSA) is 71.1 Å². The first-order chi connectivity index (χ1) is 12.4. The predicted octanol–water partition coefficient (Wildman–Crippen LogP) is 3.99. The maximum atomic E-state index is 13.2. The average molecular weight is 396 g/mol. The first-order valence-electron chi connectivity index (χ1n) is 7.51. The summed E-state index contributed by atoms with van der Waals surface area (Å²) in [5.74, 6) is -2.66. The molecule has 0 aliphatic rings. The van der Waals surface area contributed by atoms with E-state index in [0.29, 0.717) is 15.3 Å². The van der Waals surface area contributed by atoms with Crippen molar-refractivity contribution in [2.75, 3.05) is 11.9 Å². The third-order valence-corrected chi connectivity index (χ3v) is 4.61. The highest BCUT2D eigenvalue weighted by Crippen LogP contribution is 2.27. The minimum Gasteiger partial charge on any atom is -0.352 e. The smallest absolute Gasteiger partial charge is 0.251 e. The molecule has 2 aromatic carbocycles. The molecular formula is C17H12ClF2N3O2S. The van der Waals surface area contributed by atoms with Gasteiger partial charge in [0.1, 0.15) is 0 Å². The summed E-state index contributed by atoms with van der Waals surface area (Å²) in [7, 11) is 0. The zero-order chi connectivity index (χ0) is 18.7. The molecule has 0 aliphatic carbocycles. The van der Waals surface area contributed by atoms with Crippen molar-refractivity contribution in [3.63, 3.8) is 0 Å². The highest BCUT2D eigenvalue weighted by molar-refractivity contribution is 7.22. The second-order valence-corrected chi connectivity index (χ2v) is 6.78. The number of fused-ring (bicyclic) bond motifs is 1. The van der Waals surface area contributed by atoms with Gasteiger partial charge in [-0.3, -0.25) is 9.59 Å². The molecule has 26 heavy (non-hydrogen) atoms. The highest BCUT2D eigenvalue weighted by atomic mass is 35.5. The molecule has 0 spiro atoms. The van der Waals surface area contributed by atoms with Crippen LogP contribution in [0, 0.1) is 11.6 Å². The van der Waals surface area contributed by atoms with Gasteiger partial charge in [-0.15, -0.1) is 0 Å². The van der Waals surface area contributed by atoms with Crippen molar-refractivity contribution in [3.8, 4) is 0 Å². The number of carbonyl (C=O) groups excluding carboxylic acids is 2. The first-order valence-corrected chi connectivity index (χ1v) is 8.71. The molecule has 2 N–H and O–H groups in total. The Morgan fingerprint density at radius 1 is 1.12 bits per heavy atom. The lowest BCUT2D eigenvalue weighted by atomic mass is 10.2. The lowest BCUT2D eigenvalue weighted by Crippen LogP contribution is -2.27. The molecule has 0 atom stereocenters. The fourth-order valence-corrected chi connectivity index (χ4v) is 3.17. The van der Waals surface area contributed by atoms with E-state index in [1.165, 1.54) is 0 Å². The SMILES string of the molecule is O=C(CCNC(=O)c1ccc(Cl)cc1)Nc1nc2cc(F)c(F)cc2s1. The van der Waals surface area contributed by atoms with Crippen molar-refractivity contribution < 1.29 is 18.4 Å². The van der Waals surface area contributed by atoms with E-state index in [-0.39, 0.29) is 35.4 Å². The zero-order valence-corrected chi connectivity index (χ0v) is 14.8. The number of carbonyl (C=O) groups is 2. The molecule has 3 aromatic rings. The Hall–Kier alpha value is -2.58. The second-order valence-electron chi connectivity index (χ2n) is 5.31. The Balaban J connectivity index is 1.52. The fraction of sp³-hybridized carbons (Fsp3) is 0.118. The van der Waals surface area contributed by atoms with Gasteiger partial charge in [-0.2, -0.15) is 0 Å². The van der Waals surface area contributed by atoms with Crippen LogP contribution in [0.2, 0.25) is 5.02 Å². The van der Waals surface area contributed by atoms with Gasteiger partial charge in [-0.05, 0) is 30.3 Å². The molecule has 3 rings (SSSR count). The number of hydrogen-bond donors (Lipinski definition) is 2. The lowest BCUT2D eigenvalue weighted by Gasteiger charge is -2.05. The van der Waals surface area contributed by atoms with E-state index < -0.39 is 11.6 Å². The number of anilines is 1. The number of nitrogens with one attached hydrogen (secondary N) is 2. The van der Waals surface area contributed by atoms with Crippen LogP contribution in [-0.4, -0.2) is 23.3 Å². The third-order valence-electron chi connectivity index (χ3n) is 3.42. The molecule has 0 radical (unpaired) electrons. The molecule has 0 bridgehead atoms. The van der Waals surface area contributed by atoms with E-state index in [4.69, 9.17) is 11.6 Å². The number of hydrogen-bond acceptors (Lipinski definition) is 4. The van der Waals surface area contributed by atoms with E-state index in [1.54, 1.807) is 24.3 Å². The number of thiazole rings is 1. The van der Waals surface area contributed by atoms with Crippen LogP contribution in [-0.2, 0) is 4.79 Å². The van der Waals surface area contributed by atoms with Gasteiger partial charge < -0.3 is 10.6 Å². The summed E-state index contributed by atoms with van der Waals surface area (Å²) in [6.45, 7) is 0.126. The molecular weight excluding hydrogens is 384 g/mol. The number of benzene rings is 2. The molecule has 0 unspecified atom stereocenters. The maximum absolute atomic E-state index is 13.2. The van der Waals surface area contributed by atoms with E-state index >= 15 is 0 Å². The maximum Gasteiger partial charge on any atom is 0.251 e. The van der Waals surface area contributed by atoms with E-state index in [9.17, 15) is 18.4 Å². The zero-order valence-electron chi connectivity index (χ0n) is 13.2. The van der Waals surface area contributed by atoms with Crippen LogP contribution in [0.5, 0.6) is 0 Å². The Morgan fingerprint density at radius 2 is 1.81 bits per heavy atom. The fourth-order valence-electron chi connectivity index (χ4n) is 2.15. The summed E-state index contributed by atoms with van der Waals surface area (Å²) in [5, 5.41) is 5.92. The minimum atomic E-state index is -0.995. The lowest BCUT2D eigenvalue weighted by molar-refractivity contribution is -0.116.